The highest BCUT2D eigenvalue weighted by molar-refractivity contribution is 5.13. The topological polar surface area (TPSA) is 79.2 Å². The molecule has 5 nitrogen and oxygen atoms in total. The summed E-state index contributed by atoms with van der Waals surface area (Å²) in [5.41, 5.74) is 0.946. The highest BCUT2D eigenvalue weighted by Crippen LogP contribution is 2.22. The molecule has 0 unspecified atom stereocenters. The fourth-order valence-corrected chi connectivity index (χ4v) is 1.90. The molecule has 100 valence electrons. The predicted molar refractivity (Wildman–Crippen MR) is 63.6 cm³/mol. The van der Waals surface area contributed by atoms with Crippen molar-refractivity contribution in [3.8, 4) is 0 Å². The van der Waals surface area contributed by atoms with Gasteiger partial charge in [0, 0.05) is 0 Å². The van der Waals surface area contributed by atoms with Crippen LogP contribution < -0.4 is 0 Å². The molecule has 1 aliphatic heterocycles. The Morgan fingerprint density at radius 3 is 2.39 bits per heavy atom. The van der Waals surface area contributed by atoms with Gasteiger partial charge in [-0.05, 0) is 12.5 Å². The summed E-state index contributed by atoms with van der Waals surface area (Å²) in [6.07, 6.45) is -5.12. The number of aliphatic hydroxyl groups is 3. The molecule has 2 rings (SSSR count). The van der Waals surface area contributed by atoms with Crippen molar-refractivity contribution in [3.63, 3.8) is 0 Å². The summed E-state index contributed by atoms with van der Waals surface area (Å²) in [7, 11) is 0. The van der Waals surface area contributed by atoms with Crippen molar-refractivity contribution in [1.82, 2.24) is 0 Å². The molecule has 0 aromatic heterocycles. The van der Waals surface area contributed by atoms with E-state index in [0.717, 1.165) is 5.56 Å². The first kappa shape index (κ1) is 13.5. The van der Waals surface area contributed by atoms with Crippen LogP contribution in [0.4, 0.5) is 0 Å². The summed E-state index contributed by atoms with van der Waals surface area (Å²) in [6.45, 7) is 1.90. The highest BCUT2D eigenvalue weighted by atomic mass is 16.7. The van der Waals surface area contributed by atoms with Crippen molar-refractivity contribution in [1.29, 1.82) is 0 Å². The van der Waals surface area contributed by atoms with E-state index in [-0.39, 0.29) is 6.61 Å². The van der Waals surface area contributed by atoms with E-state index in [1.54, 1.807) is 6.92 Å². The summed E-state index contributed by atoms with van der Waals surface area (Å²) in [5, 5.41) is 28.9. The van der Waals surface area contributed by atoms with E-state index in [1.165, 1.54) is 0 Å². The van der Waals surface area contributed by atoms with Gasteiger partial charge in [0.05, 0.1) is 12.7 Å². The van der Waals surface area contributed by atoms with Crippen LogP contribution in [0.5, 0.6) is 0 Å². The molecule has 1 aromatic carbocycles. The lowest BCUT2D eigenvalue weighted by molar-refractivity contribution is -0.296. The second kappa shape index (κ2) is 5.77. The predicted octanol–water partition coefficient (Wildman–Crippen LogP) is 0.0307. The molecule has 1 aliphatic rings. The molecule has 0 bridgehead atoms. The van der Waals surface area contributed by atoms with Crippen LogP contribution >= 0.6 is 0 Å². The first-order chi connectivity index (χ1) is 8.59. The molecule has 0 saturated carbocycles. The molecule has 0 amide bonds. The van der Waals surface area contributed by atoms with Crippen molar-refractivity contribution in [3.05, 3.63) is 35.9 Å². The Labute approximate surface area is 106 Å². The lowest BCUT2D eigenvalue weighted by atomic mass is 10.00. The van der Waals surface area contributed by atoms with Crippen molar-refractivity contribution in [2.24, 2.45) is 0 Å². The molecule has 3 N–H and O–H groups in total. The maximum Gasteiger partial charge on any atom is 0.186 e. The van der Waals surface area contributed by atoms with Gasteiger partial charge in [0.25, 0.3) is 0 Å². The van der Waals surface area contributed by atoms with Crippen LogP contribution in [0.15, 0.2) is 30.3 Å². The minimum Gasteiger partial charge on any atom is -0.388 e. The SMILES string of the molecule is C[C@H]1O[C@H](OCc2ccccc2)[C@@H](O)[C@H](O)[C@@H]1O. The molecule has 0 spiro atoms. The maximum atomic E-state index is 9.74. The molecule has 0 radical (unpaired) electrons. The smallest absolute Gasteiger partial charge is 0.186 e. The van der Waals surface area contributed by atoms with Gasteiger partial charge in [-0.1, -0.05) is 30.3 Å². The summed E-state index contributed by atoms with van der Waals surface area (Å²) < 4.78 is 10.7. The molecule has 1 heterocycles. The number of ether oxygens (including phenoxy) is 2. The molecule has 0 aliphatic carbocycles. The summed E-state index contributed by atoms with van der Waals surface area (Å²) in [6, 6.07) is 9.46. The third kappa shape index (κ3) is 2.88. The van der Waals surface area contributed by atoms with Gasteiger partial charge in [0.1, 0.15) is 18.3 Å². The van der Waals surface area contributed by atoms with Gasteiger partial charge in [0.2, 0.25) is 0 Å². The largest absolute Gasteiger partial charge is 0.388 e. The number of hydrogen-bond acceptors (Lipinski definition) is 5. The van der Waals surface area contributed by atoms with Crippen molar-refractivity contribution < 1.29 is 24.8 Å². The van der Waals surface area contributed by atoms with Crippen LogP contribution in [0, 0.1) is 0 Å². The van der Waals surface area contributed by atoms with Crippen LogP contribution in [0.3, 0.4) is 0 Å². The Morgan fingerprint density at radius 1 is 1.06 bits per heavy atom. The van der Waals surface area contributed by atoms with Crippen LogP contribution in [0.2, 0.25) is 0 Å². The quantitative estimate of drug-likeness (QED) is 0.709. The molecule has 18 heavy (non-hydrogen) atoms. The van der Waals surface area contributed by atoms with Crippen LogP contribution in [-0.2, 0) is 16.1 Å². The number of aliphatic hydroxyl groups excluding tert-OH is 3. The monoisotopic (exact) mass is 254 g/mol. The first-order valence-corrected chi connectivity index (χ1v) is 5.95. The Balaban J connectivity index is 1.93. The Kier molecular flexibility index (Phi) is 4.31. The molecule has 1 aromatic rings. The number of hydrogen-bond donors (Lipinski definition) is 3. The molecule has 5 heteroatoms. The normalized spacial score (nSPS) is 36.6. The third-order valence-electron chi connectivity index (χ3n) is 3.07. The molecular weight excluding hydrogens is 236 g/mol. The maximum absolute atomic E-state index is 9.74. The van der Waals surface area contributed by atoms with Gasteiger partial charge in [-0.3, -0.25) is 0 Å². The lowest BCUT2D eigenvalue weighted by Gasteiger charge is -2.38. The Bertz CT molecular complexity index is 369. The zero-order valence-electron chi connectivity index (χ0n) is 10.1. The molecular formula is C13H18O5. The first-order valence-electron chi connectivity index (χ1n) is 5.95. The van der Waals surface area contributed by atoms with Gasteiger partial charge < -0.3 is 24.8 Å². The second-order valence-electron chi connectivity index (χ2n) is 4.48. The standard InChI is InChI=1S/C13H18O5/c1-8-10(14)11(15)12(16)13(18-8)17-7-9-5-3-2-4-6-9/h2-6,8,10-16H,7H2,1H3/t8-,10-,11-,12+,13+/m1/s1. The third-order valence-corrected chi connectivity index (χ3v) is 3.07. The minimum atomic E-state index is -1.26. The fraction of sp³-hybridized carbons (Fsp3) is 0.538. The van der Waals surface area contributed by atoms with Gasteiger partial charge in [0.15, 0.2) is 6.29 Å². The van der Waals surface area contributed by atoms with Crippen LogP contribution in [0.25, 0.3) is 0 Å². The average Bonchev–Trinajstić information content (AvgIpc) is 2.40. The second-order valence-corrected chi connectivity index (χ2v) is 4.48. The van der Waals surface area contributed by atoms with Gasteiger partial charge in [-0.15, -0.1) is 0 Å². The minimum absolute atomic E-state index is 0.276. The lowest BCUT2D eigenvalue weighted by Crippen LogP contribution is -2.57. The summed E-state index contributed by atoms with van der Waals surface area (Å²) in [4.78, 5) is 0. The van der Waals surface area contributed by atoms with E-state index in [1.807, 2.05) is 30.3 Å². The van der Waals surface area contributed by atoms with Gasteiger partial charge in [-0.25, -0.2) is 0 Å². The molecule has 1 saturated heterocycles. The van der Waals surface area contributed by atoms with E-state index in [4.69, 9.17) is 9.47 Å². The van der Waals surface area contributed by atoms with Crippen LogP contribution in [-0.4, -0.2) is 46.0 Å². The fourth-order valence-electron chi connectivity index (χ4n) is 1.90. The molecule has 5 atom stereocenters. The molecule has 1 fully saturated rings. The van der Waals surface area contributed by atoms with Gasteiger partial charge >= 0.3 is 0 Å². The van der Waals surface area contributed by atoms with Gasteiger partial charge in [-0.2, -0.15) is 0 Å². The van der Waals surface area contributed by atoms with Crippen molar-refractivity contribution >= 4 is 0 Å². The van der Waals surface area contributed by atoms with E-state index < -0.39 is 30.7 Å². The van der Waals surface area contributed by atoms with Crippen molar-refractivity contribution in [2.75, 3.05) is 0 Å². The Hall–Kier alpha value is -0.980. The van der Waals surface area contributed by atoms with E-state index in [0.29, 0.717) is 0 Å². The van der Waals surface area contributed by atoms with Crippen molar-refractivity contribution in [2.45, 2.75) is 44.2 Å². The summed E-state index contributed by atoms with van der Waals surface area (Å²) in [5.74, 6) is 0. The average molecular weight is 254 g/mol. The highest BCUT2D eigenvalue weighted by Gasteiger charge is 2.42. The number of benzene rings is 1. The summed E-state index contributed by atoms with van der Waals surface area (Å²) >= 11 is 0. The van der Waals surface area contributed by atoms with E-state index in [9.17, 15) is 15.3 Å². The zero-order chi connectivity index (χ0) is 13.1. The number of rotatable bonds is 3. The Morgan fingerprint density at radius 2 is 1.72 bits per heavy atom. The van der Waals surface area contributed by atoms with E-state index >= 15 is 0 Å². The van der Waals surface area contributed by atoms with Crippen LogP contribution in [0.1, 0.15) is 12.5 Å². The zero-order valence-corrected chi connectivity index (χ0v) is 10.1. The van der Waals surface area contributed by atoms with E-state index in [2.05, 4.69) is 0 Å².